The maximum absolute atomic E-state index is 12.9. The highest BCUT2D eigenvalue weighted by Gasteiger charge is 2.14. The quantitative estimate of drug-likeness (QED) is 0.751. The summed E-state index contributed by atoms with van der Waals surface area (Å²) in [7, 11) is 0. The summed E-state index contributed by atoms with van der Waals surface area (Å²) >= 11 is 0. The largest absolute Gasteiger partial charge is 0.278 e. The molecule has 18 heavy (non-hydrogen) atoms. The number of nitrogens with zero attached hydrogens (tertiary/aromatic N) is 1. The number of anilines is 2. The van der Waals surface area contributed by atoms with Gasteiger partial charge in [0.2, 0.25) is 0 Å². The molecule has 0 aliphatic carbocycles. The maximum atomic E-state index is 12.9. The Kier molecular flexibility index (Phi) is 3.53. The lowest BCUT2D eigenvalue weighted by atomic mass is 10.2. The molecule has 0 heterocycles. The van der Waals surface area contributed by atoms with Gasteiger partial charge in [-0.2, -0.15) is 0 Å². The van der Waals surface area contributed by atoms with E-state index in [0.29, 0.717) is 11.4 Å². The van der Waals surface area contributed by atoms with Gasteiger partial charge in [-0.05, 0) is 42.5 Å². The Bertz CT molecular complexity index is 548. The minimum Gasteiger partial charge on any atom is -0.278 e. The van der Waals surface area contributed by atoms with Crippen LogP contribution in [0.25, 0.3) is 0 Å². The van der Waals surface area contributed by atoms with Crippen molar-refractivity contribution in [1.29, 1.82) is 0 Å². The number of amides is 1. The number of benzene rings is 2. The van der Waals surface area contributed by atoms with Crippen molar-refractivity contribution in [2.45, 2.75) is 0 Å². The normalized spacial score (nSPS) is 9.83. The monoisotopic (exact) mass is 241 g/mol. The Morgan fingerprint density at radius 3 is 2.11 bits per heavy atom. The molecule has 0 aliphatic heterocycles. The van der Waals surface area contributed by atoms with Gasteiger partial charge >= 0.3 is 0 Å². The minimum atomic E-state index is -0.335. The first-order chi connectivity index (χ1) is 8.72. The van der Waals surface area contributed by atoms with Gasteiger partial charge in [0, 0.05) is 11.4 Å². The number of para-hydroxylation sites is 1. The van der Waals surface area contributed by atoms with Crippen LogP contribution in [0, 0.1) is 5.82 Å². The highest BCUT2D eigenvalue weighted by atomic mass is 19.1. The molecule has 1 amide bonds. The summed E-state index contributed by atoms with van der Waals surface area (Å²) in [6, 6.07) is 14.9. The van der Waals surface area contributed by atoms with E-state index in [0.717, 1.165) is 0 Å². The van der Waals surface area contributed by atoms with Crippen molar-refractivity contribution in [3.8, 4) is 0 Å². The molecule has 0 atom stereocenters. The van der Waals surface area contributed by atoms with Gasteiger partial charge in [-0.15, -0.1) is 0 Å². The van der Waals surface area contributed by atoms with E-state index in [1.54, 1.807) is 12.1 Å². The molecule has 2 rings (SSSR count). The molecule has 3 heteroatoms. The molecule has 0 fully saturated rings. The lowest BCUT2D eigenvalue weighted by Crippen LogP contribution is -2.23. The highest BCUT2D eigenvalue weighted by molar-refractivity contribution is 6.06. The van der Waals surface area contributed by atoms with Gasteiger partial charge in [0.1, 0.15) is 5.82 Å². The van der Waals surface area contributed by atoms with Gasteiger partial charge in [-0.3, -0.25) is 9.69 Å². The summed E-state index contributed by atoms with van der Waals surface area (Å²) in [6.45, 7) is 3.48. The first-order valence-electron chi connectivity index (χ1n) is 5.49. The van der Waals surface area contributed by atoms with E-state index >= 15 is 0 Å². The molecule has 0 aliphatic rings. The predicted molar refractivity (Wildman–Crippen MR) is 70.2 cm³/mol. The number of rotatable bonds is 3. The van der Waals surface area contributed by atoms with Crippen LogP contribution in [0.15, 0.2) is 67.3 Å². The van der Waals surface area contributed by atoms with Crippen LogP contribution < -0.4 is 4.90 Å². The minimum absolute atomic E-state index is 0.257. The van der Waals surface area contributed by atoms with Gasteiger partial charge in [0.25, 0.3) is 5.91 Å². The zero-order chi connectivity index (χ0) is 13.0. The molecule has 90 valence electrons. The zero-order valence-corrected chi connectivity index (χ0v) is 9.71. The number of hydrogen-bond donors (Lipinski definition) is 0. The van der Waals surface area contributed by atoms with Crippen LogP contribution in [0.2, 0.25) is 0 Å². The summed E-state index contributed by atoms with van der Waals surface area (Å²) in [4.78, 5) is 13.4. The van der Waals surface area contributed by atoms with Crippen LogP contribution in [0.3, 0.4) is 0 Å². The van der Waals surface area contributed by atoms with Gasteiger partial charge in [0.15, 0.2) is 0 Å². The molecule has 0 N–H and O–H groups in total. The Morgan fingerprint density at radius 1 is 1.00 bits per heavy atom. The number of halogens is 1. The molecule has 2 aromatic carbocycles. The van der Waals surface area contributed by atoms with Crippen LogP contribution >= 0.6 is 0 Å². The van der Waals surface area contributed by atoms with Crippen LogP contribution in [0.4, 0.5) is 15.8 Å². The standard InChI is InChI=1S/C15H12FNO/c1-2-15(18)17(13-6-4-3-5-7-13)14-10-8-12(16)9-11-14/h2-11H,1H2. The third-order valence-electron chi connectivity index (χ3n) is 2.49. The Morgan fingerprint density at radius 2 is 1.56 bits per heavy atom. The zero-order valence-electron chi connectivity index (χ0n) is 9.71. The summed E-state index contributed by atoms with van der Waals surface area (Å²) in [5, 5.41) is 0. The van der Waals surface area contributed by atoms with E-state index in [1.807, 2.05) is 30.3 Å². The van der Waals surface area contributed by atoms with E-state index in [1.165, 1.54) is 23.1 Å². The van der Waals surface area contributed by atoms with Gasteiger partial charge in [-0.25, -0.2) is 4.39 Å². The van der Waals surface area contributed by atoms with E-state index in [2.05, 4.69) is 6.58 Å². The SMILES string of the molecule is C=CC(=O)N(c1ccccc1)c1ccc(F)cc1. The van der Waals surface area contributed by atoms with Crippen molar-refractivity contribution >= 4 is 17.3 Å². The fourth-order valence-electron chi connectivity index (χ4n) is 1.66. The summed E-state index contributed by atoms with van der Waals surface area (Å²) < 4.78 is 12.9. The summed E-state index contributed by atoms with van der Waals surface area (Å²) in [5.41, 5.74) is 1.32. The molecular formula is C15H12FNO. The molecule has 0 spiro atoms. The average Bonchev–Trinajstić information content (AvgIpc) is 2.42. The van der Waals surface area contributed by atoms with Crippen molar-refractivity contribution in [1.82, 2.24) is 0 Å². The molecule has 0 radical (unpaired) electrons. The third kappa shape index (κ3) is 2.46. The molecule has 0 saturated heterocycles. The topological polar surface area (TPSA) is 20.3 Å². The first kappa shape index (κ1) is 12.0. The lowest BCUT2D eigenvalue weighted by Gasteiger charge is -2.21. The average molecular weight is 241 g/mol. The van der Waals surface area contributed by atoms with E-state index in [4.69, 9.17) is 0 Å². The molecule has 0 bridgehead atoms. The Hall–Kier alpha value is -2.42. The van der Waals surface area contributed by atoms with Crippen LogP contribution in [0.5, 0.6) is 0 Å². The highest BCUT2D eigenvalue weighted by Crippen LogP contribution is 2.25. The second-order valence-electron chi connectivity index (χ2n) is 3.69. The van der Waals surface area contributed by atoms with Crippen molar-refractivity contribution in [2.24, 2.45) is 0 Å². The molecule has 0 aromatic heterocycles. The number of hydrogen-bond acceptors (Lipinski definition) is 1. The molecule has 2 nitrogen and oxygen atoms in total. The van der Waals surface area contributed by atoms with Gasteiger partial charge in [0.05, 0.1) is 0 Å². The van der Waals surface area contributed by atoms with E-state index in [-0.39, 0.29) is 11.7 Å². The van der Waals surface area contributed by atoms with Crippen LogP contribution in [-0.4, -0.2) is 5.91 Å². The summed E-state index contributed by atoms with van der Waals surface area (Å²) in [6.07, 6.45) is 1.23. The third-order valence-corrected chi connectivity index (χ3v) is 2.49. The van der Waals surface area contributed by atoms with E-state index in [9.17, 15) is 9.18 Å². The second-order valence-corrected chi connectivity index (χ2v) is 3.69. The number of carbonyl (C=O) groups excluding carboxylic acids is 1. The van der Waals surface area contributed by atoms with E-state index < -0.39 is 0 Å². The van der Waals surface area contributed by atoms with Gasteiger partial charge in [-0.1, -0.05) is 24.8 Å². The van der Waals surface area contributed by atoms with Crippen molar-refractivity contribution in [3.63, 3.8) is 0 Å². The van der Waals surface area contributed by atoms with Gasteiger partial charge < -0.3 is 0 Å². The first-order valence-corrected chi connectivity index (χ1v) is 5.49. The van der Waals surface area contributed by atoms with Crippen LogP contribution in [-0.2, 0) is 4.79 Å². The Balaban J connectivity index is 2.46. The molecular weight excluding hydrogens is 229 g/mol. The lowest BCUT2D eigenvalue weighted by molar-refractivity contribution is -0.113. The Labute approximate surface area is 105 Å². The molecule has 0 unspecified atom stereocenters. The van der Waals surface area contributed by atoms with Crippen molar-refractivity contribution in [2.75, 3.05) is 4.90 Å². The maximum Gasteiger partial charge on any atom is 0.254 e. The fourth-order valence-corrected chi connectivity index (χ4v) is 1.66. The fraction of sp³-hybridized carbons (Fsp3) is 0. The smallest absolute Gasteiger partial charge is 0.254 e. The number of carbonyl (C=O) groups is 1. The van der Waals surface area contributed by atoms with Crippen LogP contribution in [0.1, 0.15) is 0 Å². The second kappa shape index (κ2) is 5.27. The summed E-state index contributed by atoms with van der Waals surface area (Å²) in [5.74, 6) is -0.592. The van der Waals surface area contributed by atoms with Crippen molar-refractivity contribution < 1.29 is 9.18 Å². The molecule has 0 saturated carbocycles. The predicted octanol–water partition coefficient (Wildman–Crippen LogP) is 3.68. The molecule has 2 aromatic rings. The van der Waals surface area contributed by atoms with Crippen molar-refractivity contribution in [3.05, 3.63) is 73.1 Å².